The van der Waals surface area contributed by atoms with Crippen LogP contribution in [-0.4, -0.2) is 5.16 Å². The highest BCUT2D eigenvalue weighted by Gasteiger charge is 2.09. The summed E-state index contributed by atoms with van der Waals surface area (Å²) in [4.78, 5) is 0.918. The van der Waals surface area contributed by atoms with Crippen molar-refractivity contribution >= 4 is 17.8 Å². The van der Waals surface area contributed by atoms with Gasteiger partial charge in [0.15, 0.2) is 17.5 Å². The topological polar surface area (TPSA) is 38.1 Å². The molecule has 0 aliphatic heterocycles. The van der Waals surface area contributed by atoms with Crippen molar-refractivity contribution in [3.05, 3.63) is 65.9 Å². The quantitative estimate of drug-likeness (QED) is 0.683. The van der Waals surface area contributed by atoms with E-state index in [-0.39, 0.29) is 5.56 Å². The van der Waals surface area contributed by atoms with Gasteiger partial charge in [0.25, 0.3) is 0 Å². The van der Waals surface area contributed by atoms with Crippen LogP contribution in [0.1, 0.15) is 5.76 Å². The molecule has 0 aliphatic carbocycles. The molecular formula is C16H12F2N2OS. The van der Waals surface area contributed by atoms with Crippen LogP contribution in [0.2, 0.25) is 0 Å². The lowest BCUT2D eigenvalue weighted by molar-refractivity contribution is 0.400. The maximum absolute atomic E-state index is 13.7. The summed E-state index contributed by atoms with van der Waals surface area (Å²) in [5, 5.41) is 3.82. The molecule has 1 N–H and O–H groups in total. The molecule has 22 heavy (non-hydrogen) atoms. The molecule has 112 valence electrons. The summed E-state index contributed by atoms with van der Waals surface area (Å²) in [5.41, 5.74) is 0.871. The standard InChI is InChI=1S/C16H12F2N2OS/c1-10-9-15(19-21-10)20-22-12-7-5-11(6-8-12)13-3-2-4-14(17)16(13)18/h2-9H,1H3,(H,19,20). The molecule has 0 bridgehead atoms. The van der Waals surface area contributed by atoms with Gasteiger partial charge >= 0.3 is 0 Å². The van der Waals surface area contributed by atoms with Gasteiger partial charge in [-0.15, -0.1) is 0 Å². The molecule has 3 rings (SSSR count). The minimum absolute atomic E-state index is 0.247. The van der Waals surface area contributed by atoms with Crippen LogP contribution in [0.4, 0.5) is 14.6 Å². The molecule has 0 radical (unpaired) electrons. The summed E-state index contributed by atoms with van der Waals surface area (Å²) >= 11 is 1.36. The number of benzene rings is 2. The van der Waals surface area contributed by atoms with Crippen LogP contribution < -0.4 is 4.72 Å². The third-order valence-corrected chi connectivity index (χ3v) is 3.84. The third kappa shape index (κ3) is 3.12. The largest absolute Gasteiger partial charge is 0.360 e. The van der Waals surface area contributed by atoms with Gasteiger partial charge in [-0.1, -0.05) is 29.4 Å². The van der Waals surface area contributed by atoms with E-state index in [9.17, 15) is 8.78 Å². The van der Waals surface area contributed by atoms with Gasteiger partial charge in [0.1, 0.15) is 5.76 Å². The number of anilines is 1. The zero-order valence-electron chi connectivity index (χ0n) is 11.6. The van der Waals surface area contributed by atoms with Crippen LogP contribution in [0.5, 0.6) is 0 Å². The predicted octanol–water partition coefficient (Wildman–Crippen LogP) is 5.05. The van der Waals surface area contributed by atoms with E-state index < -0.39 is 11.6 Å². The molecule has 0 unspecified atom stereocenters. The maximum atomic E-state index is 13.7. The van der Waals surface area contributed by atoms with E-state index >= 15 is 0 Å². The lowest BCUT2D eigenvalue weighted by Gasteiger charge is -2.06. The fourth-order valence-electron chi connectivity index (χ4n) is 1.95. The SMILES string of the molecule is Cc1cc(NSc2ccc(-c3cccc(F)c3F)cc2)no1. The summed E-state index contributed by atoms with van der Waals surface area (Å²) < 4.78 is 35.0. The van der Waals surface area contributed by atoms with E-state index in [4.69, 9.17) is 4.52 Å². The van der Waals surface area contributed by atoms with Crippen molar-refractivity contribution in [1.82, 2.24) is 5.16 Å². The van der Waals surface area contributed by atoms with Crippen molar-refractivity contribution in [2.45, 2.75) is 11.8 Å². The van der Waals surface area contributed by atoms with Crippen LogP contribution >= 0.6 is 11.9 Å². The van der Waals surface area contributed by atoms with Crippen LogP contribution in [0, 0.1) is 18.6 Å². The molecule has 2 aromatic carbocycles. The Morgan fingerprint density at radius 1 is 1.09 bits per heavy atom. The Hall–Kier alpha value is -2.34. The lowest BCUT2D eigenvalue weighted by Crippen LogP contribution is -1.89. The second kappa shape index (κ2) is 6.19. The molecule has 6 heteroatoms. The molecule has 0 amide bonds. The van der Waals surface area contributed by atoms with Gasteiger partial charge in [0.05, 0.1) is 0 Å². The first-order valence-electron chi connectivity index (χ1n) is 6.54. The zero-order chi connectivity index (χ0) is 15.5. The van der Waals surface area contributed by atoms with Crippen molar-refractivity contribution in [1.29, 1.82) is 0 Å². The van der Waals surface area contributed by atoms with Gasteiger partial charge in [0, 0.05) is 16.5 Å². The van der Waals surface area contributed by atoms with E-state index in [1.807, 2.05) is 19.1 Å². The summed E-state index contributed by atoms with van der Waals surface area (Å²) in [5.74, 6) is -0.333. The van der Waals surface area contributed by atoms with Crippen molar-refractivity contribution in [3.8, 4) is 11.1 Å². The molecule has 3 nitrogen and oxygen atoms in total. The molecule has 0 aliphatic rings. The van der Waals surface area contributed by atoms with Crippen molar-refractivity contribution in [3.63, 3.8) is 0 Å². The number of halogens is 2. The molecule has 0 saturated heterocycles. The van der Waals surface area contributed by atoms with E-state index in [0.29, 0.717) is 11.4 Å². The fourth-order valence-corrected chi connectivity index (χ4v) is 2.55. The monoisotopic (exact) mass is 318 g/mol. The number of aryl methyl sites for hydroxylation is 1. The third-order valence-electron chi connectivity index (χ3n) is 3.02. The van der Waals surface area contributed by atoms with E-state index in [1.165, 1.54) is 18.0 Å². The molecule has 0 saturated carbocycles. The van der Waals surface area contributed by atoms with E-state index in [1.54, 1.807) is 24.3 Å². The first kappa shape index (κ1) is 14.6. The second-order valence-corrected chi connectivity index (χ2v) is 5.53. The zero-order valence-corrected chi connectivity index (χ0v) is 12.5. The molecule has 0 spiro atoms. The average Bonchev–Trinajstić information content (AvgIpc) is 2.94. The summed E-state index contributed by atoms with van der Waals surface area (Å²) in [6.07, 6.45) is 0. The van der Waals surface area contributed by atoms with Gasteiger partial charge in [-0.05, 0) is 42.6 Å². The van der Waals surface area contributed by atoms with Crippen LogP contribution in [0.25, 0.3) is 11.1 Å². The van der Waals surface area contributed by atoms with Crippen molar-refractivity contribution in [2.24, 2.45) is 0 Å². The number of hydrogen-bond donors (Lipinski definition) is 1. The van der Waals surface area contributed by atoms with Gasteiger partial charge in [-0.3, -0.25) is 0 Å². The van der Waals surface area contributed by atoms with Gasteiger partial charge < -0.3 is 9.25 Å². The Morgan fingerprint density at radius 3 is 2.55 bits per heavy atom. The molecule has 0 fully saturated rings. The van der Waals surface area contributed by atoms with Crippen LogP contribution in [0.15, 0.2) is 57.9 Å². The van der Waals surface area contributed by atoms with E-state index in [2.05, 4.69) is 9.88 Å². The van der Waals surface area contributed by atoms with Crippen molar-refractivity contribution in [2.75, 3.05) is 4.72 Å². The molecule has 0 atom stereocenters. The smallest absolute Gasteiger partial charge is 0.179 e. The summed E-state index contributed by atoms with van der Waals surface area (Å²) in [6.45, 7) is 1.81. The minimum Gasteiger partial charge on any atom is -0.360 e. The Labute approximate surface area is 130 Å². The normalized spacial score (nSPS) is 10.7. The number of hydrogen-bond acceptors (Lipinski definition) is 4. The highest BCUT2D eigenvalue weighted by molar-refractivity contribution is 8.00. The van der Waals surface area contributed by atoms with E-state index in [0.717, 1.165) is 16.7 Å². The molecule has 3 aromatic rings. The highest BCUT2D eigenvalue weighted by Crippen LogP contribution is 2.27. The Morgan fingerprint density at radius 2 is 1.86 bits per heavy atom. The fraction of sp³-hybridized carbons (Fsp3) is 0.0625. The maximum Gasteiger partial charge on any atom is 0.179 e. The Kier molecular flexibility index (Phi) is 4.11. The minimum atomic E-state index is -0.848. The van der Waals surface area contributed by atoms with Gasteiger partial charge in [0.2, 0.25) is 0 Å². The average molecular weight is 318 g/mol. The Balaban J connectivity index is 1.74. The Bertz CT molecular complexity index is 787. The van der Waals surface area contributed by atoms with Gasteiger partial charge in [-0.2, -0.15) is 0 Å². The highest BCUT2D eigenvalue weighted by atomic mass is 32.2. The molecular weight excluding hydrogens is 306 g/mol. The first-order chi connectivity index (χ1) is 10.6. The number of aromatic nitrogens is 1. The summed E-state index contributed by atoms with van der Waals surface area (Å²) in [7, 11) is 0. The number of nitrogens with zero attached hydrogens (tertiary/aromatic N) is 1. The molecule has 1 aromatic heterocycles. The number of rotatable bonds is 4. The summed E-state index contributed by atoms with van der Waals surface area (Å²) in [6, 6.07) is 13.1. The van der Waals surface area contributed by atoms with Crippen LogP contribution in [0.3, 0.4) is 0 Å². The lowest BCUT2D eigenvalue weighted by atomic mass is 10.1. The predicted molar refractivity (Wildman–Crippen MR) is 82.5 cm³/mol. The van der Waals surface area contributed by atoms with Crippen LogP contribution in [-0.2, 0) is 0 Å². The first-order valence-corrected chi connectivity index (χ1v) is 7.36. The molecule has 1 heterocycles. The van der Waals surface area contributed by atoms with Gasteiger partial charge in [-0.25, -0.2) is 8.78 Å². The van der Waals surface area contributed by atoms with Crippen molar-refractivity contribution < 1.29 is 13.3 Å². The number of nitrogens with one attached hydrogen (secondary N) is 1. The second-order valence-electron chi connectivity index (χ2n) is 4.65.